The molecule has 0 unspecified atom stereocenters. The zero-order valence-electron chi connectivity index (χ0n) is 17.2. The number of carbonyl (C=O) groups is 1. The van der Waals surface area contributed by atoms with Crippen molar-refractivity contribution in [3.8, 4) is 17.2 Å². The van der Waals surface area contributed by atoms with Crippen LogP contribution in [0.2, 0.25) is 5.02 Å². The van der Waals surface area contributed by atoms with Gasteiger partial charge in [-0.15, -0.1) is 0 Å². The van der Waals surface area contributed by atoms with E-state index < -0.39 is 0 Å². The maximum Gasteiger partial charge on any atom is 0.271 e. The van der Waals surface area contributed by atoms with Crippen LogP contribution in [0.25, 0.3) is 0 Å². The monoisotopic (exact) mass is 580 g/mol. The van der Waals surface area contributed by atoms with E-state index in [1.165, 1.54) is 20.4 Å². The number of halogens is 3. The van der Waals surface area contributed by atoms with Gasteiger partial charge in [0.2, 0.25) is 0 Å². The van der Waals surface area contributed by atoms with Crippen molar-refractivity contribution >= 4 is 55.6 Å². The van der Waals surface area contributed by atoms with Gasteiger partial charge in [0, 0.05) is 20.6 Å². The molecule has 3 rings (SSSR count). The molecule has 0 spiro atoms. The van der Waals surface area contributed by atoms with Crippen molar-refractivity contribution in [1.29, 1.82) is 0 Å². The van der Waals surface area contributed by atoms with Gasteiger partial charge in [0.15, 0.2) is 11.5 Å². The third-order valence-corrected chi connectivity index (χ3v) is 5.65. The van der Waals surface area contributed by atoms with E-state index in [9.17, 15) is 4.79 Å². The quantitative estimate of drug-likeness (QED) is 0.253. The van der Waals surface area contributed by atoms with E-state index in [1.807, 2.05) is 36.4 Å². The van der Waals surface area contributed by atoms with Crippen LogP contribution in [0, 0.1) is 0 Å². The number of rotatable bonds is 8. The first kappa shape index (κ1) is 24.1. The van der Waals surface area contributed by atoms with Crippen molar-refractivity contribution in [3.63, 3.8) is 0 Å². The Bertz CT molecular complexity index is 1140. The molecule has 0 bridgehead atoms. The summed E-state index contributed by atoms with van der Waals surface area (Å²) in [6, 6.07) is 16.0. The molecule has 9 heteroatoms. The van der Waals surface area contributed by atoms with E-state index in [0.29, 0.717) is 40.0 Å². The number of carbonyl (C=O) groups excluding carboxylic acids is 1. The molecule has 0 saturated carbocycles. The van der Waals surface area contributed by atoms with Crippen LogP contribution in [0.4, 0.5) is 0 Å². The summed E-state index contributed by atoms with van der Waals surface area (Å²) in [5, 5.41) is 4.75. The Morgan fingerprint density at radius 3 is 2.44 bits per heavy atom. The standard InChI is InChI=1S/C23H19Br2ClN2O4/c1-30-20-8-5-15(10-21(20)31-2)23(29)28-27-12-16-9-17(24)11-19(25)22(16)32-13-14-3-6-18(26)7-4-14/h3-12H,13H2,1-2H3,(H,28,29)/b27-12+. The van der Waals surface area contributed by atoms with Crippen LogP contribution in [0.15, 0.2) is 68.6 Å². The Labute approximate surface area is 207 Å². The molecule has 0 radical (unpaired) electrons. The second-order valence-electron chi connectivity index (χ2n) is 6.49. The number of ether oxygens (including phenoxy) is 3. The van der Waals surface area contributed by atoms with Crippen LogP contribution in [0.1, 0.15) is 21.5 Å². The predicted molar refractivity (Wildman–Crippen MR) is 132 cm³/mol. The van der Waals surface area contributed by atoms with Crippen LogP contribution in [0.3, 0.4) is 0 Å². The fourth-order valence-electron chi connectivity index (χ4n) is 2.77. The van der Waals surface area contributed by atoms with E-state index in [1.54, 1.807) is 18.2 Å². The van der Waals surface area contributed by atoms with Gasteiger partial charge in [-0.05, 0) is 64.0 Å². The van der Waals surface area contributed by atoms with Gasteiger partial charge in [-0.1, -0.05) is 39.7 Å². The molecule has 0 aromatic heterocycles. The van der Waals surface area contributed by atoms with Crippen molar-refractivity contribution in [2.24, 2.45) is 5.10 Å². The lowest BCUT2D eigenvalue weighted by Gasteiger charge is -2.12. The Balaban J connectivity index is 1.74. The highest BCUT2D eigenvalue weighted by Crippen LogP contribution is 2.33. The normalized spacial score (nSPS) is 10.8. The van der Waals surface area contributed by atoms with Gasteiger partial charge in [-0.3, -0.25) is 4.79 Å². The molecule has 3 aromatic carbocycles. The molecule has 0 aliphatic heterocycles. The second-order valence-corrected chi connectivity index (χ2v) is 8.70. The molecule has 32 heavy (non-hydrogen) atoms. The van der Waals surface area contributed by atoms with Gasteiger partial charge >= 0.3 is 0 Å². The van der Waals surface area contributed by atoms with Gasteiger partial charge in [0.25, 0.3) is 5.91 Å². The minimum absolute atomic E-state index is 0.343. The summed E-state index contributed by atoms with van der Waals surface area (Å²) in [4.78, 5) is 12.5. The molecule has 1 amide bonds. The third kappa shape index (κ3) is 6.25. The lowest BCUT2D eigenvalue weighted by molar-refractivity contribution is 0.0954. The topological polar surface area (TPSA) is 69.2 Å². The minimum atomic E-state index is -0.389. The highest BCUT2D eigenvalue weighted by atomic mass is 79.9. The molecule has 6 nitrogen and oxygen atoms in total. The van der Waals surface area contributed by atoms with Gasteiger partial charge in [-0.25, -0.2) is 5.43 Å². The van der Waals surface area contributed by atoms with Gasteiger partial charge in [0.1, 0.15) is 12.4 Å². The summed E-state index contributed by atoms with van der Waals surface area (Å²) in [7, 11) is 3.04. The highest BCUT2D eigenvalue weighted by molar-refractivity contribution is 9.11. The predicted octanol–water partition coefficient (Wildman–Crippen LogP) is 6.23. The fourth-order valence-corrected chi connectivity index (χ4v) is 4.27. The summed E-state index contributed by atoms with van der Waals surface area (Å²) in [6.45, 7) is 0.343. The number of nitrogens with one attached hydrogen (secondary N) is 1. The SMILES string of the molecule is COc1ccc(C(=O)N/N=C/c2cc(Br)cc(Br)c2OCc2ccc(Cl)cc2)cc1OC. The molecule has 0 saturated heterocycles. The Kier molecular flexibility index (Phi) is 8.55. The van der Waals surface area contributed by atoms with Gasteiger partial charge < -0.3 is 14.2 Å². The second kappa shape index (κ2) is 11.4. The summed E-state index contributed by atoms with van der Waals surface area (Å²) in [5.74, 6) is 1.19. The average Bonchev–Trinajstić information content (AvgIpc) is 2.79. The molecule has 0 atom stereocenters. The largest absolute Gasteiger partial charge is 0.493 e. The fraction of sp³-hybridized carbons (Fsp3) is 0.130. The maximum absolute atomic E-state index is 12.5. The first-order valence-corrected chi connectivity index (χ1v) is 11.3. The number of amides is 1. The van der Waals surface area contributed by atoms with E-state index in [0.717, 1.165) is 14.5 Å². The summed E-state index contributed by atoms with van der Waals surface area (Å²) < 4.78 is 18.0. The molecule has 3 aromatic rings. The van der Waals surface area contributed by atoms with Crippen LogP contribution in [-0.4, -0.2) is 26.3 Å². The molecular formula is C23H19Br2ClN2O4. The van der Waals surface area contributed by atoms with Crippen LogP contribution in [-0.2, 0) is 6.61 Å². The molecule has 0 fully saturated rings. The van der Waals surface area contributed by atoms with E-state index in [-0.39, 0.29) is 5.91 Å². The van der Waals surface area contributed by atoms with Crippen molar-refractivity contribution in [2.75, 3.05) is 14.2 Å². The first-order chi connectivity index (χ1) is 15.4. The summed E-state index contributed by atoms with van der Waals surface area (Å²) in [6.07, 6.45) is 1.52. The summed E-state index contributed by atoms with van der Waals surface area (Å²) >= 11 is 12.9. The van der Waals surface area contributed by atoms with Gasteiger partial charge in [0.05, 0.1) is 24.9 Å². The zero-order valence-corrected chi connectivity index (χ0v) is 21.1. The molecular weight excluding hydrogens is 564 g/mol. The number of hydrogen-bond acceptors (Lipinski definition) is 5. The number of hydrazone groups is 1. The number of methoxy groups -OCH3 is 2. The molecule has 166 valence electrons. The van der Waals surface area contributed by atoms with E-state index in [4.69, 9.17) is 25.8 Å². The highest BCUT2D eigenvalue weighted by Gasteiger charge is 2.12. The van der Waals surface area contributed by atoms with Crippen LogP contribution in [0.5, 0.6) is 17.2 Å². The number of nitrogens with zero attached hydrogens (tertiary/aromatic N) is 1. The number of benzene rings is 3. The van der Waals surface area contributed by atoms with Crippen molar-refractivity contribution in [2.45, 2.75) is 6.61 Å². The Hall–Kier alpha value is -2.55. The lowest BCUT2D eigenvalue weighted by atomic mass is 10.2. The lowest BCUT2D eigenvalue weighted by Crippen LogP contribution is -2.17. The van der Waals surface area contributed by atoms with Crippen molar-refractivity contribution < 1.29 is 19.0 Å². The van der Waals surface area contributed by atoms with Crippen LogP contribution < -0.4 is 19.6 Å². The van der Waals surface area contributed by atoms with E-state index in [2.05, 4.69) is 42.4 Å². The van der Waals surface area contributed by atoms with Crippen molar-refractivity contribution in [3.05, 3.63) is 85.3 Å². The average molecular weight is 583 g/mol. The number of hydrogen-bond donors (Lipinski definition) is 1. The molecule has 0 aliphatic carbocycles. The smallest absolute Gasteiger partial charge is 0.271 e. The zero-order chi connectivity index (χ0) is 23.1. The minimum Gasteiger partial charge on any atom is -0.493 e. The molecule has 1 N–H and O–H groups in total. The van der Waals surface area contributed by atoms with E-state index >= 15 is 0 Å². The Morgan fingerprint density at radius 1 is 1.03 bits per heavy atom. The third-order valence-electron chi connectivity index (χ3n) is 4.35. The van der Waals surface area contributed by atoms with Gasteiger partial charge in [-0.2, -0.15) is 5.10 Å². The first-order valence-electron chi connectivity index (χ1n) is 9.33. The van der Waals surface area contributed by atoms with Crippen molar-refractivity contribution in [1.82, 2.24) is 5.43 Å². The summed E-state index contributed by atoms with van der Waals surface area (Å²) in [5.41, 5.74) is 4.54. The Morgan fingerprint density at radius 2 is 1.75 bits per heavy atom. The molecule has 0 heterocycles. The maximum atomic E-state index is 12.5. The van der Waals surface area contributed by atoms with Crippen LogP contribution >= 0.6 is 43.5 Å². The molecule has 0 aliphatic rings.